The van der Waals surface area contributed by atoms with Gasteiger partial charge in [-0.2, -0.15) is 0 Å². The molecule has 1 heterocycles. The molecular weight excluding hydrogens is 365 g/mol. The van der Waals surface area contributed by atoms with Crippen molar-refractivity contribution < 1.29 is 4.79 Å². The van der Waals surface area contributed by atoms with E-state index in [1.807, 2.05) is 38.1 Å². The van der Waals surface area contributed by atoms with Crippen LogP contribution in [0.1, 0.15) is 35.8 Å². The van der Waals surface area contributed by atoms with Crippen molar-refractivity contribution in [2.75, 3.05) is 11.1 Å². The van der Waals surface area contributed by atoms with E-state index in [2.05, 4.69) is 32.9 Å². The lowest BCUT2D eigenvalue weighted by molar-refractivity contribution is 0.102. The van der Waals surface area contributed by atoms with Gasteiger partial charge in [0.2, 0.25) is 0 Å². The highest BCUT2D eigenvalue weighted by Crippen LogP contribution is 2.20. The zero-order valence-electron chi connectivity index (χ0n) is 11.4. The number of nitrogen functional groups attached to an aromatic ring is 1. The molecule has 1 aromatic carbocycles. The van der Waals surface area contributed by atoms with Gasteiger partial charge >= 0.3 is 0 Å². The number of halogens is 1. The molecule has 0 spiro atoms. The van der Waals surface area contributed by atoms with E-state index in [9.17, 15) is 4.79 Å². The molecule has 0 aliphatic carbocycles. The second-order valence-corrected chi connectivity index (χ2v) is 5.96. The summed E-state index contributed by atoms with van der Waals surface area (Å²) in [6.45, 7) is 4.03. The fourth-order valence-corrected chi connectivity index (χ4v) is 2.28. The van der Waals surface area contributed by atoms with Crippen LogP contribution < -0.4 is 11.1 Å². The number of amides is 1. The summed E-state index contributed by atoms with van der Waals surface area (Å²) in [5.74, 6) is 0.413. The summed E-state index contributed by atoms with van der Waals surface area (Å²) in [6.07, 6.45) is 0. The van der Waals surface area contributed by atoms with Gasteiger partial charge in [-0.3, -0.25) is 4.79 Å². The molecule has 0 unspecified atom stereocenters. The molecule has 0 aliphatic heterocycles. The SMILES string of the molecule is CC(C)c1cc(C(=O)Nc2ccccc2I)cc(N)n1. The normalized spacial score (nSPS) is 10.6. The van der Waals surface area contributed by atoms with Gasteiger partial charge in [0.15, 0.2) is 0 Å². The Morgan fingerprint density at radius 3 is 2.65 bits per heavy atom. The van der Waals surface area contributed by atoms with Crippen LogP contribution in [0.4, 0.5) is 11.5 Å². The molecule has 0 saturated carbocycles. The van der Waals surface area contributed by atoms with Crippen LogP contribution in [0, 0.1) is 3.57 Å². The average Bonchev–Trinajstić information content (AvgIpc) is 2.40. The molecule has 0 aliphatic rings. The van der Waals surface area contributed by atoms with Crippen LogP contribution in [0.5, 0.6) is 0 Å². The highest BCUT2D eigenvalue weighted by molar-refractivity contribution is 14.1. The van der Waals surface area contributed by atoms with Crippen molar-refractivity contribution in [1.29, 1.82) is 0 Å². The van der Waals surface area contributed by atoms with E-state index in [4.69, 9.17) is 5.73 Å². The van der Waals surface area contributed by atoms with Crippen LogP contribution in [0.25, 0.3) is 0 Å². The standard InChI is InChI=1S/C15H16IN3O/c1-9(2)13-7-10(8-14(17)18-13)15(20)19-12-6-4-3-5-11(12)16/h3-9H,1-2H3,(H2,17,18)(H,19,20). The van der Waals surface area contributed by atoms with Crippen molar-refractivity contribution in [1.82, 2.24) is 4.98 Å². The van der Waals surface area contributed by atoms with Crippen molar-refractivity contribution in [3.05, 3.63) is 51.2 Å². The average molecular weight is 381 g/mol. The largest absolute Gasteiger partial charge is 0.384 e. The number of rotatable bonds is 3. The first-order valence-electron chi connectivity index (χ1n) is 6.30. The van der Waals surface area contributed by atoms with Crippen LogP contribution in [0.3, 0.4) is 0 Å². The molecule has 0 saturated heterocycles. The minimum absolute atomic E-state index is 0.176. The number of nitrogens with zero attached hydrogens (tertiary/aromatic N) is 1. The van der Waals surface area contributed by atoms with Crippen molar-refractivity contribution in [2.24, 2.45) is 0 Å². The fourth-order valence-electron chi connectivity index (χ4n) is 1.76. The second-order valence-electron chi connectivity index (χ2n) is 4.79. The van der Waals surface area contributed by atoms with Gasteiger partial charge in [0.1, 0.15) is 5.82 Å². The first-order chi connectivity index (χ1) is 9.47. The summed E-state index contributed by atoms with van der Waals surface area (Å²) in [5.41, 5.74) is 7.90. The first kappa shape index (κ1) is 14.8. The summed E-state index contributed by atoms with van der Waals surface area (Å²) in [7, 11) is 0. The Hall–Kier alpha value is -1.63. The van der Waals surface area contributed by atoms with Gasteiger partial charge in [-0.15, -0.1) is 0 Å². The van der Waals surface area contributed by atoms with E-state index in [-0.39, 0.29) is 11.8 Å². The van der Waals surface area contributed by atoms with E-state index < -0.39 is 0 Å². The van der Waals surface area contributed by atoms with Crippen molar-refractivity contribution in [2.45, 2.75) is 19.8 Å². The molecule has 0 atom stereocenters. The second kappa shape index (κ2) is 6.21. The maximum atomic E-state index is 12.3. The number of aromatic nitrogens is 1. The van der Waals surface area contributed by atoms with Crippen LogP contribution in [-0.2, 0) is 0 Å². The van der Waals surface area contributed by atoms with E-state index in [1.165, 1.54) is 0 Å². The number of para-hydroxylation sites is 1. The van der Waals surface area contributed by atoms with Crippen LogP contribution in [-0.4, -0.2) is 10.9 Å². The fraction of sp³-hybridized carbons (Fsp3) is 0.200. The van der Waals surface area contributed by atoms with Gasteiger partial charge in [-0.1, -0.05) is 26.0 Å². The zero-order valence-corrected chi connectivity index (χ0v) is 13.5. The van der Waals surface area contributed by atoms with Gasteiger partial charge in [0.25, 0.3) is 5.91 Å². The Labute approximate surface area is 131 Å². The molecule has 0 fully saturated rings. The van der Waals surface area contributed by atoms with Gasteiger partial charge in [0, 0.05) is 14.8 Å². The number of anilines is 2. The Balaban J connectivity index is 2.28. The number of nitrogens with two attached hydrogens (primary N) is 1. The van der Waals surface area contributed by atoms with Crippen LogP contribution in [0.2, 0.25) is 0 Å². The summed E-state index contributed by atoms with van der Waals surface area (Å²) in [6, 6.07) is 11.0. The Bertz CT molecular complexity index is 641. The number of hydrogen-bond donors (Lipinski definition) is 2. The summed E-state index contributed by atoms with van der Waals surface area (Å²) in [5, 5.41) is 2.89. The third-order valence-corrected chi connectivity index (χ3v) is 3.78. The minimum Gasteiger partial charge on any atom is -0.384 e. The molecule has 2 rings (SSSR count). The third kappa shape index (κ3) is 3.47. The molecule has 4 nitrogen and oxygen atoms in total. The predicted molar refractivity (Wildman–Crippen MR) is 89.9 cm³/mol. The third-order valence-electron chi connectivity index (χ3n) is 2.84. The van der Waals surface area contributed by atoms with Gasteiger partial charge in [0.05, 0.1) is 5.69 Å². The molecule has 0 bridgehead atoms. The number of nitrogens with one attached hydrogen (secondary N) is 1. The lowest BCUT2D eigenvalue weighted by Gasteiger charge is -2.10. The number of hydrogen-bond acceptors (Lipinski definition) is 3. The van der Waals surface area contributed by atoms with Crippen LogP contribution >= 0.6 is 22.6 Å². The Morgan fingerprint density at radius 2 is 2.00 bits per heavy atom. The molecule has 20 heavy (non-hydrogen) atoms. The smallest absolute Gasteiger partial charge is 0.255 e. The summed E-state index contributed by atoms with van der Waals surface area (Å²) >= 11 is 2.19. The van der Waals surface area contributed by atoms with Crippen molar-refractivity contribution in [3.8, 4) is 0 Å². The lowest BCUT2D eigenvalue weighted by atomic mass is 10.1. The van der Waals surface area contributed by atoms with Crippen LogP contribution in [0.15, 0.2) is 36.4 Å². The highest BCUT2D eigenvalue weighted by atomic mass is 127. The minimum atomic E-state index is -0.176. The molecular formula is C15H16IN3O. The molecule has 104 valence electrons. The molecule has 3 N–H and O–H groups in total. The van der Waals surface area contributed by atoms with E-state index in [0.29, 0.717) is 11.4 Å². The molecule has 1 amide bonds. The van der Waals surface area contributed by atoms with Gasteiger partial charge in [-0.05, 0) is 52.8 Å². The van der Waals surface area contributed by atoms with E-state index in [0.717, 1.165) is 15.0 Å². The Kier molecular flexibility index (Phi) is 4.59. The number of benzene rings is 1. The maximum Gasteiger partial charge on any atom is 0.255 e. The molecule has 0 radical (unpaired) electrons. The zero-order chi connectivity index (χ0) is 14.7. The predicted octanol–water partition coefficient (Wildman–Crippen LogP) is 3.64. The van der Waals surface area contributed by atoms with E-state index in [1.54, 1.807) is 12.1 Å². The van der Waals surface area contributed by atoms with E-state index >= 15 is 0 Å². The monoisotopic (exact) mass is 381 g/mol. The van der Waals surface area contributed by atoms with Crippen molar-refractivity contribution in [3.63, 3.8) is 0 Å². The Morgan fingerprint density at radius 1 is 1.30 bits per heavy atom. The number of carbonyl (C=O) groups is 1. The molecule has 5 heteroatoms. The lowest BCUT2D eigenvalue weighted by Crippen LogP contribution is -2.14. The first-order valence-corrected chi connectivity index (χ1v) is 7.38. The van der Waals surface area contributed by atoms with Gasteiger partial charge in [-0.25, -0.2) is 4.98 Å². The number of carbonyl (C=O) groups excluding carboxylic acids is 1. The molecule has 2 aromatic rings. The van der Waals surface area contributed by atoms with Gasteiger partial charge < -0.3 is 11.1 Å². The summed E-state index contributed by atoms with van der Waals surface area (Å²) in [4.78, 5) is 16.5. The summed E-state index contributed by atoms with van der Waals surface area (Å²) < 4.78 is 0.990. The quantitative estimate of drug-likeness (QED) is 0.798. The highest BCUT2D eigenvalue weighted by Gasteiger charge is 2.12. The maximum absolute atomic E-state index is 12.3. The topological polar surface area (TPSA) is 68.0 Å². The van der Waals surface area contributed by atoms with Crippen molar-refractivity contribution >= 4 is 40.0 Å². The number of pyridine rings is 1. The molecule has 1 aromatic heterocycles.